The van der Waals surface area contributed by atoms with Crippen LogP contribution in [-0.2, 0) is 14.3 Å². The minimum atomic E-state index is -0.668. The Morgan fingerprint density at radius 2 is 1.87 bits per heavy atom. The van der Waals surface area contributed by atoms with Crippen LogP contribution in [-0.4, -0.2) is 62.0 Å². The van der Waals surface area contributed by atoms with Gasteiger partial charge >= 0.3 is 0 Å². The smallest absolute Gasteiger partial charge is 0.256 e. The number of likely N-dealkylation sites (tertiary alicyclic amines) is 1. The standard InChI is InChI=1S/C22H32FN3O4/c1-15(2)14-19(27)25-20(21(28)24-10-13-30-3)16-8-11-26(12-9-16)22(29)17-6-4-5-7-18(17)23/h4-7,15-16,20H,8-14H2,1-3H3,(H,24,28)(H,25,27). The van der Waals surface area contributed by atoms with E-state index in [2.05, 4.69) is 10.6 Å². The zero-order valence-corrected chi connectivity index (χ0v) is 17.9. The molecule has 1 aliphatic rings. The summed E-state index contributed by atoms with van der Waals surface area (Å²) in [5, 5.41) is 5.67. The van der Waals surface area contributed by atoms with Crippen molar-refractivity contribution in [3.05, 3.63) is 35.6 Å². The highest BCUT2D eigenvalue weighted by Gasteiger charge is 2.34. The summed E-state index contributed by atoms with van der Waals surface area (Å²) in [5.74, 6) is -1.22. The Morgan fingerprint density at radius 1 is 1.20 bits per heavy atom. The maximum absolute atomic E-state index is 13.9. The van der Waals surface area contributed by atoms with Crippen LogP contribution in [0.2, 0.25) is 0 Å². The van der Waals surface area contributed by atoms with Crippen LogP contribution in [0.1, 0.15) is 43.5 Å². The number of rotatable bonds is 9. The minimum absolute atomic E-state index is 0.0510. The number of carbonyl (C=O) groups is 3. The first kappa shape index (κ1) is 23.8. The van der Waals surface area contributed by atoms with Crippen molar-refractivity contribution in [3.8, 4) is 0 Å². The number of piperidine rings is 1. The Kier molecular flexibility index (Phi) is 9.23. The van der Waals surface area contributed by atoms with Gasteiger partial charge in [0.1, 0.15) is 11.9 Å². The largest absolute Gasteiger partial charge is 0.383 e. The molecule has 1 atom stereocenters. The second-order valence-electron chi connectivity index (χ2n) is 8.04. The van der Waals surface area contributed by atoms with Gasteiger partial charge in [-0.1, -0.05) is 26.0 Å². The summed E-state index contributed by atoms with van der Waals surface area (Å²) < 4.78 is 18.9. The van der Waals surface area contributed by atoms with Gasteiger partial charge in [0.2, 0.25) is 11.8 Å². The van der Waals surface area contributed by atoms with E-state index in [0.29, 0.717) is 45.5 Å². The molecule has 0 aliphatic carbocycles. The SMILES string of the molecule is COCCNC(=O)C(NC(=O)CC(C)C)C1CCN(C(=O)c2ccccc2F)CC1. The van der Waals surface area contributed by atoms with Gasteiger partial charge in [0, 0.05) is 33.2 Å². The van der Waals surface area contributed by atoms with E-state index in [1.165, 1.54) is 12.1 Å². The molecule has 8 heteroatoms. The van der Waals surface area contributed by atoms with Crippen molar-refractivity contribution in [1.82, 2.24) is 15.5 Å². The van der Waals surface area contributed by atoms with Crippen LogP contribution < -0.4 is 10.6 Å². The van der Waals surface area contributed by atoms with Gasteiger partial charge in [-0.2, -0.15) is 0 Å². The summed E-state index contributed by atoms with van der Waals surface area (Å²) in [6.45, 7) is 5.43. The van der Waals surface area contributed by atoms with Gasteiger partial charge < -0.3 is 20.3 Å². The van der Waals surface area contributed by atoms with Gasteiger partial charge in [0.25, 0.3) is 5.91 Å². The van der Waals surface area contributed by atoms with Crippen molar-refractivity contribution in [1.29, 1.82) is 0 Å². The molecule has 0 bridgehead atoms. The Hall–Kier alpha value is -2.48. The zero-order chi connectivity index (χ0) is 22.1. The third-order valence-corrected chi connectivity index (χ3v) is 5.20. The fourth-order valence-electron chi connectivity index (χ4n) is 3.63. The summed E-state index contributed by atoms with van der Waals surface area (Å²) in [6, 6.07) is 5.25. The summed E-state index contributed by atoms with van der Waals surface area (Å²) in [7, 11) is 1.55. The van der Waals surface area contributed by atoms with E-state index >= 15 is 0 Å². The predicted molar refractivity (Wildman–Crippen MR) is 111 cm³/mol. The average molecular weight is 422 g/mol. The van der Waals surface area contributed by atoms with Crippen molar-refractivity contribution in [2.75, 3.05) is 33.4 Å². The van der Waals surface area contributed by atoms with Crippen molar-refractivity contribution in [2.45, 2.75) is 39.2 Å². The lowest BCUT2D eigenvalue weighted by atomic mass is 9.88. The quantitative estimate of drug-likeness (QED) is 0.597. The van der Waals surface area contributed by atoms with E-state index in [-0.39, 0.29) is 35.1 Å². The molecule has 0 saturated carbocycles. The molecule has 1 saturated heterocycles. The Labute approximate surface area is 177 Å². The highest BCUT2D eigenvalue weighted by molar-refractivity contribution is 5.94. The molecule has 0 aromatic heterocycles. The molecule has 166 valence electrons. The number of nitrogens with zero attached hydrogens (tertiary/aromatic N) is 1. The van der Waals surface area contributed by atoms with Gasteiger partial charge in [0.15, 0.2) is 0 Å². The van der Waals surface area contributed by atoms with E-state index in [0.717, 1.165) is 0 Å². The number of hydrogen-bond acceptors (Lipinski definition) is 4. The molecular weight excluding hydrogens is 389 g/mol. The lowest BCUT2D eigenvalue weighted by Gasteiger charge is -2.36. The first-order valence-electron chi connectivity index (χ1n) is 10.4. The number of hydrogen-bond donors (Lipinski definition) is 2. The molecule has 0 radical (unpaired) electrons. The lowest BCUT2D eigenvalue weighted by molar-refractivity contribution is -0.131. The summed E-state index contributed by atoms with van der Waals surface area (Å²) in [5.41, 5.74) is 0.0510. The molecule has 2 N–H and O–H groups in total. The molecule has 1 unspecified atom stereocenters. The normalized spacial score (nSPS) is 15.7. The van der Waals surface area contributed by atoms with E-state index in [1.807, 2.05) is 13.8 Å². The molecule has 3 amide bonds. The van der Waals surface area contributed by atoms with Crippen LogP contribution in [0.15, 0.2) is 24.3 Å². The van der Waals surface area contributed by atoms with Crippen LogP contribution in [0.5, 0.6) is 0 Å². The first-order valence-corrected chi connectivity index (χ1v) is 10.4. The van der Waals surface area contributed by atoms with Gasteiger partial charge in [-0.3, -0.25) is 14.4 Å². The van der Waals surface area contributed by atoms with Crippen LogP contribution >= 0.6 is 0 Å². The summed E-state index contributed by atoms with van der Waals surface area (Å²) >= 11 is 0. The number of methoxy groups -OCH3 is 1. The fraction of sp³-hybridized carbons (Fsp3) is 0.591. The molecule has 2 rings (SSSR count). The number of carbonyl (C=O) groups excluding carboxylic acids is 3. The average Bonchev–Trinajstić information content (AvgIpc) is 2.71. The maximum atomic E-state index is 13.9. The number of amides is 3. The number of benzene rings is 1. The van der Waals surface area contributed by atoms with E-state index in [1.54, 1.807) is 24.1 Å². The van der Waals surface area contributed by atoms with Crippen LogP contribution in [0.25, 0.3) is 0 Å². The third kappa shape index (κ3) is 6.79. The molecule has 1 aromatic rings. The summed E-state index contributed by atoms with van der Waals surface area (Å²) in [6.07, 6.45) is 1.43. The third-order valence-electron chi connectivity index (χ3n) is 5.20. The van der Waals surface area contributed by atoms with Gasteiger partial charge in [-0.05, 0) is 36.8 Å². The fourth-order valence-corrected chi connectivity index (χ4v) is 3.63. The van der Waals surface area contributed by atoms with E-state index < -0.39 is 11.9 Å². The molecule has 7 nitrogen and oxygen atoms in total. The minimum Gasteiger partial charge on any atom is -0.383 e. The molecule has 1 aromatic carbocycles. The molecule has 1 heterocycles. The molecular formula is C22H32FN3O4. The molecule has 0 spiro atoms. The summed E-state index contributed by atoms with van der Waals surface area (Å²) in [4.78, 5) is 39.3. The highest BCUT2D eigenvalue weighted by atomic mass is 19.1. The van der Waals surface area contributed by atoms with Crippen LogP contribution in [0.4, 0.5) is 4.39 Å². The number of nitrogens with one attached hydrogen (secondary N) is 2. The lowest BCUT2D eigenvalue weighted by Crippen LogP contribution is -2.54. The van der Waals surface area contributed by atoms with E-state index in [9.17, 15) is 18.8 Å². The second-order valence-corrected chi connectivity index (χ2v) is 8.04. The van der Waals surface area contributed by atoms with Gasteiger partial charge in [-0.25, -0.2) is 4.39 Å². The highest BCUT2D eigenvalue weighted by Crippen LogP contribution is 2.23. The van der Waals surface area contributed by atoms with Gasteiger partial charge in [-0.15, -0.1) is 0 Å². The van der Waals surface area contributed by atoms with Crippen LogP contribution in [0.3, 0.4) is 0 Å². The van der Waals surface area contributed by atoms with Crippen LogP contribution in [0, 0.1) is 17.7 Å². The first-order chi connectivity index (χ1) is 14.3. The molecule has 1 fully saturated rings. The van der Waals surface area contributed by atoms with Crippen molar-refractivity contribution < 1.29 is 23.5 Å². The maximum Gasteiger partial charge on any atom is 0.256 e. The van der Waals surface area contributed by atoms with Crippen molar-refractivity contribution >= 4 is 17.7 Å². The molecule has 30 heavy (non-hydrogen) atoms. The number of halogens is 1. The van der Waals surface area contributed by atoms with Crippen molar-refractivity contribution in [2.24, 2.45) is 11.8 Å². The Balaban J connectivity index is 2.01. The zero-order valence-electron chi connectivity index (χ0n) is 17.9. The van der Waals surface area contributed by atoms with Gasteiger partial charge in [0.05, 0.1) is 12.2 Å². The Morgan fingerprint density at radius 3 is 2.47 bits per heavy atom. The monoisotopic (exact) mass is 421 g/mol. The van der Waals surface area contributed by atoms with Crippen molar-refractivity contribution in [3.63, 3.8) is 0 Å². The van der Waals surface area contributed by atoms with E-state index in [4.69, 9.17) is 4.74 Å². The number of ether oxygens (including phenoxy) is 1. The predicted octanol–water partition coefficient (Wildman–Crippen LogP) is 1.97. The topological polar surface area (TPSA) is 87.7 Å². The second kappa shape index (κ2) is 11.6. The Bertz CT molecular complexity index is 733. The molecule has 1 aliphatic heterocycles.